The maximum absolute atomic E-state index is 13.4. The van der Waals surface area contributed by atoms with Gasteiger partial charge >= 0.3 is 0 Å². The summed E-state index contributed by atoms with van der Waals surface area (Å²) in [5.74, 6) is -0.0417. The summed E-state index contributed by atoms with van der Waals surface area (Å²) >= 11 is 1.59. The van der Waals surface area contributed by atoms with Crippen molar-refractivity contribution in [3.05, 3.63) is 41.2 Å². The van der Waals surface area contributed by atoms with Gasteiger partial charge in [-0.2, -0.15) is 5.10 Å². The number of hydrogen-bond acceptors (Lipinski definition) is 5. The van der Waals surface area contributed by atoms with E-state index >= 15 is 0 Å². The van der Waals surface area contributed by atoms with Crippen LogP contribution in [0.1, 0.15) is 42.4 Å². The monoisotopic (exact) mass is 435 g/mol. The Morgan fingerprint density at radius 2 is 1.86 bits per heavy atom. The molecule has 0 saturated carbocycles. The predicted molar refractivity (Wildman–Crippen MR) is 124 cm³/mol. The molecule has 0 unspecified atom stereocenters. The molecule has 0 saturated heterocycles. The zero-order valence-electron chi connectivity index (χ0n) is 17.8. The third kappa shape index (κ3) is 4.97. The van der Waals surface area contributed by atoms with Crippen molar-refractivity contribution in [2.24, 2.45) is 0 Å². The van der Waals surface area contributed by atoms with Crippen LogP contribution in [0.3, 0.4) is 0 Å². The molecule has 0 atom stereocenters. The first-order valence-electron chi connectivity index (χ1n) is 9.92. The van der Waals surface area contributed by atoms with E-state index in [1.807, 2.05) is 11.8 Å². The number of thiazole rings is 1. The van der Waals surface area contributed by atoms with E-state index in [1.54, 1.807) is 28.3 Å². The highest BCUT2D eigenvalue weighted by molar-refractivity contribution is 7.22. The fourth-order valence-electron chi connectivity index (χ4n) is 3.45. The van der Waals surface area contributed by atoms with Gasteiger partial charge in [-0.1, -0.05) is 31.3 Å². The number of aromatic nitrogens is 3. The summed E-state index contributed by atoms with van der Waals surface area (Å²) in [6, 6.07) is 6.04. The number of carbonyl (C=O) groups is 1. The predicted octanol–water partition coefficient (Wildman–Crippen LogP) is 4.54. The van der Waals surface area contributed by atoms with E-state index in [2.05, 4.69) is 49.8 Å². The molecule has 3 rings (SSSR count). The molecule has 0 radical (unpaired) electrons. The molecule has 0 fully saturated rings. The Labute approximate surface area is 182 Å². The number of anilines is 1. The lowest BCUT2D eigenvalue weighted by Crippen LogP contribution is -2.39. The molecule has 158 valence electrons. The number of likely N-dealkylation sites (N-methyl/N-ethyl adjacent to an activating group) is 1. The Hall–Kier alpha value is -1.96. The number of hydrogen-bond donors (Lipinski definition) is 0. The lowest BCUT2D eigenvalue weighted by Gasteiger charge is -2.24. The number of aryl methyl sites for hydroxylation is 3. The molecule has 0 spiro atoms. The fraction of sp³-hybridized carbons (Fsp3) is 0.476. The number of rotatable bonds is 8. The second-order valence-electron chi connectivity index (χ2n) is 6.94. The second-order valence-corrected chi connectivity index (χ2v) is 7.92. The molecule has 2 aromatic heterocycles. The average Bonchev–Trinajstić information content (AvgIpc) is 3.31. The highest BCUT2D eigenvalue weighted by Crippen LogP contribution is 2.32. The zero-order chi connectivity index (χ0) is 20.3. The van der Waals surface area contributed by atoms with Crippen LogP contribution in [-0.2, 0) is 6.54 Å². The van der Waals surface area contributed by atoms with E-state index in [1.165, 1.54) is 11.1 Å². The third-order valence-corrected chi connectivity index (χ3v) is 6.28. The number of carbonyl (C=O) groups excluding carboxylic acids is 1. The van der Waals surface area contributed by atoms with E-state index in [-0.39, 0.29) is 18.3 Å². The topological polar surface area (TPSA) is 54.3 Å². The van der Waals surface area contributed by atoms with Crippen molar-refractivity contribution < 1.29 is 4.79 Å². The number of fused-ring (bicyclic) bond motifs is 1. The standard InChI is InChI=1S/C21H29N5OS.ClH/c1-6-24(7-2)11-12-25(20(27)18-9-10-22-26(18)8-3)21-23-17-14-15(4)13-16(5)19(17)28-21;/h9-10,13-14H,6-8,11-12H2,1-5H3;1H. The summed E-state index contributed by atoms with van der Waals surface area (Å²) in [4.78, 5) is 22.4. The molecule has 1 aromatic carbocycles. The molecular formula is C21H30ClN5OS. The maximum atomic E-state index is 13.4. The zero-order valence-corrected chi connectivity index (χ0v) is 19.4. The second kappa shape index (κ2) is 10.2. The number of benzene rings is 1. The summed E-state index contributed by atoms with van der Waals surface area (Å²) in [5.41, 5.74) is 3.96. The molecule has 3 aromatic rings. The Morgan fingerprint density at radius 1 is 1.14 bits per heavy atom. The average molecular weight is 436 g/mol. The first-order chi connectivity index (χ1) is 13.5. The molecule has 0 bridgehead atoms. The summed E-state index contributed by atoms with van der Waals surface area (Å²) in [7, 11) is 0. The SMILES string of the molecule is CCN(CC)CCN(C(=O)c1ccnn1CC)c1nc2cc(C)cc(C)c2s1.Cl. The summed E-state index contributed by atoms with van der Waals surface area (Å²) < 4.78 is 2.89. The van der Waals surface area contributed by atoms with Gasteiger partial charge in [0.25, 0.3) is 5.91 Å². The van der Waals surface area contributed by atoms with Crippen LogP contribution in [0.2, 0.25) is 0 Å². The summed E-state index contributed by atoms with van der Waals surface area (Å²) in [5, 5.41) is 5.02. The normalized spacial score (nSPS) is 11.1. The van der Waals surface area contributed by atoms with Crippen molar-refractivity contribution in [2.75, 3.05) is 31.1 Å². The molecule has 0 aliphatic carbocycles. The van der Waals surface area contributed by atoms with E-state index in [4.69, 9.17) is 4.98 Å². The lowest BCUT2D eigenvalue weighted by molar-refractivity contribution is 0.0973. The largest absolute Gasteiger partial charge is 0.302 e. The molecule has 2 heterocycles. The van der Waals surface area contributed by atoms with Crippen LogP contribution < -0.4 is 4.90 Å². The van der Waals surface area contributed by atoms with Crippen molar-refractivity contribution in [3.63, 3.8) is 0 Å². The van der Waals surface area contributed by atoms with E-state index in [0.29, 0.717) is 18.8 Å². The smallest absolute Gasteiger partial charge is 0.278 e. The van der Waals surface area contributed by atoms with Gasteiger partial charge in [0.05, 0.1) is 10.2 Å². The van der Waals surface area contributed by atoms with Crippen molar-refractivity contribution in [2.45, 2.75) is 41.2 Å². The molecule has 8 heteroatoms. The van der Waals surface area contributed by atoms with Crippen molar-refractivity contribution >= 4 is 45.0 Å². The Morgan fingerprint density at radius 3 is 2.52 bits per heavy atom. The molecule has 0 aliphatic heterocycles. The minimum absolute atomic E-state index is 0. The van der Waals surface area contributed by atoms with Crippen LogP contribution in [0.5, 0.6) is 0 Å². The molecule has 1 amide bonds. The van der Waals surface area contributed by atoms with E-state index in [0.717, 1.165) is 35.0 Å². The van der Waals surface area contributed by atoms with Crippen LogP contribution in [0, 0.1) is 13.8 Å². The highest BCUT2D eigenvalue weighted by Gasteiger charge is 2.24. The van der Waals surface area contributed by atoms with Crippen molar-refractivity contribution in [1.82, 2.24) is 19.7 Å². The first kappa shape index (κ1) is 23.3. The number of halogens is 1. The van der Waals surface area contributed by atoms with Crippen molar-refractivity contribution in [1.29, 1.82) is 0 Å². The quantitative estimate of drug-likeness (QED) is 0.521. The summed E-state index contributed by atoms with van der Waals surface area (Å²) in [6.07, 6.45) is 1.69. The third-order valence-electron chi connectivity index (χ3n) is 5.05. The summed E-state index contributed by atoms with van der Waals surface area (Å²) in [6.45, 7) is 14.5. The van der Waals surface area contributed by atoms with Crippen LogP contribution >= 0.6 is 23.7 Å². The van der Waals surface area contributed by atoms with Gasteiger partial charge in [-0.05, 0) is 57.1 Å². The Bertz CT molecular complexity index is 963. The van der Waals surface area contributed by atoms with E-state index in [9.17, 15) is 4.79 Å². The molecular weight excluding hydrogens is 406 g/mol. The molecule has 0 N–H and O–H groups in total. The van der Waals surface area contributed by atoms with Gasteiger partial charge < -0.3 is 4.90 Å². The van der Waals surface area contributed by atoms with Crippen molar-refractivity contribution in [3.8, 4) is 0 Å². The lowest BCUT2D eigenvalue weighted by atomic mass is 10.1. The molecule has 6 nitrogen and oxygen atoms in total. The van der Waals surface area contributed by atoms with Crippen LogP contribution in [0.4, 0.5) is 5.13 Å². The minimum Gasteiger partial charge on any atom is -0.302 e. The molecule has 0 aliphatic rings. The first-order valence-corrected chi connectivity index (χ1v) is 10.7. The van der Waals surface area contributed by atoms with Gasteiger partial charge in [0.2, 0.25) is 0 Å². The maximum Gasteiger partial charge on any atom is 0.278 e. The minimum atomic E-state index is -0.0417. The Kier molecular flexibility index (Phi) is 8.19. The van der Waals surface area contributed by atoms with Gasteiger partial charge in [-0.15, -0.1) is 12.4 Å². The number of amides is 1. The highest BCUT2D eigenvalue weighted by atomic mass is 35.5. The van der Waals surface area contributed by atoms with Gasteiger partial charge in [0, 0.05) is 25.8 Å². The molecule has 29 heavy (non-hydrogen) atoms. The van der Waals surface area contributed by atoms with Crippen LogP contribution in [0.25, 0.3) is 10.2 Å². The van der Waals surface area contributed by atoms with Crippen LogP contribution in [0.15, 0.2) is 24.4 Å². The van der Waals surface area contributed by atoms with Gasteiger partial charge in [-0.25, -0.2) is 4.98 Å². The van der Waals surface area contributed by atoms with Gasteiger partial charge in [0.1, 0.15) is 5.69 Å². The van der Waals surface area contributed by atoms with E-state index < -0.39 is 0 Å². The van der Waals surface area contributed by atoms with Gasteiger partial charge in [-0.3, -0.25) is 14.4 Å². The number of nitrogens with zero attached hydrogens (tertiary/aromatic N) is 5. The van der Waals surface area contributed by atoms with Gasteiger partial charge in [0.15, 0.2) is 5.13 Å². The van der Waals surface area contributed by atoms with Crippen LogP contribution in [-0.4, -0.2) is 51.8 Å². The Balaban J connectivity index is 0.00000300. The fourth-order valence-corrected chi connectivity index (χ4v) is 4.49.